The van der Waals surface area contributed by atoms with Crippen molar-refractivity contribution < 1.29 is 9.13 Å². The summed E-state index contributed by atoms with van der Waals surface area (Å²) in [7, 11) is -0.869. The predicted molar refractivity (Wildman–Crippen MR) is 67.5 cm³/mol. The SMILES string of the molecule is CC(CCNc1ccncc1[N+](=O)[O-])S(C)=O. The van der Waals surface area contributed by atoms with E-state index in [0.29, 0.717) is 18.7 Å². The van der Waals surface area contributed by atoms with Crippen molar-refractivity contribution in [3.05, 3.63) is 28.6 Å². The Labute approximate surface area is 102 Å². The standard InChI is InChI=1S/C10H15N3O3S/c1-8(17(2)16)3-6-12-9-4-5-11-7-10(9)13(14)15/h4-5,7-8H,3,6H2,1-2H3,(H,11,12). The second-order valence-corrected chi connectivity index (χ2v) is 5.48. The lowest BCUT2D eigenvalue weighted by Gasteiger charge is -2.10. The number of nitrogens with zero attached hydrogens (tertiary/aromatic N) is 2. The highest BCUT2D eigenvalue weighted by atomic mass is 32.2. The highest BCUT2D eigenvalue weighted by Crippen LogP contribution is 2.21. The Morgan fingerprint density at radius 2 is 2.35 bits per heavy atom. The van der Waals surface area contributed by atoms with E-state index in [-0.39, 0.29) is 10.9 Å². The molecule has 0 spiro atoms. The summed E-state index contributed by atoms with van der Waals surface area (Å²) in [6.07, 6.45) is 5.06. The van der Waals surface area contributed by atoms with Gasteiger partial charge >= 0.3 is 5.69 Å². The molecule has 0 aromatic carbocycles. The van der Waals surface area contributed by atoms with Crippen LogP contribution in [0.15, 0.2) is 18.5 Å². The van der Waals surface area contributed by atoms with Gasteiger partial charge in [0.1, 0.15) is 11.9 Å². The van der Waals surface area contributed by atoms with Crippen molar-refractivity contribution in [3.63, 3.8) is 0 Å². The molecule has 2 unspecified atom stereocenters. The van der Waals surface area contributed by atoms with Crippen LogP contribution in [0.3, 0.4) is 0 Å². The molecule has 1 aromatic rings. The van der Waals surface area contributed by atoms with Gasteiger partial charge in [0, 0.05) is 35.0 Å². The molecule has 6 nitrogen and oxygen atoms in total. The molecule has 0 saturated carbocycles. The monoisotopic (exact) mass is 257 g/mol. The van der Waals surface area contributed by atoms with Crippen molar-refractivity contribution in [1.82, 2.24) is 4.98 Å². The largest absolute Gasteiger partial charge is 0.379 e. The van der Waals surface area contributed by atoms with Crippen LogP contribution in [-0.2, 0) is 10.8 Å². The van der Waals surface area contributed by atoms with Gasteiger partial charge < -0.3 is 5.32 Å². The molecule has 0 aliphatic heterocycles. The quantitative estimate of drug-likeness (QED) is 0.617. The Morgan fingerprint density at radius 1 is 1.65 bits per heavy atom. The van der Waals surface area contributed by atoms with Crippen molar-refractivity contribution >= 4 is 22.2 Å². The fraction of sp³-hybridized carbons (Fsp3) is 0.500. The average molecular weight is 257 g/mol. The molecule has 0 amide bonds. The van der Waals surface area contributed by atoms with Gasteiger partial charge in [-0.15, -0.1) is 0 Å². The van der Waals surface area contributed by atoms with Crippen LogP contribution in [0.2, 0.25) is 0 Å². The van der Waals surface area contributed by atoms with Crippen molar-refractivity contribution in [2.45, 2.75) is 18.6 Å². The minimum Gasteiger partial charge on any atom is -0.379 e. The first kappa shape index (κ1) is 13.6. The van der Waals surface area contributed by atoms with Crippen LogP contribution in [0, 0.1) is 10.1 Å². The third-order valence-corrected chi connectivity index (χ3v) is 3.80. The Kier molecular flexibility index (Phi) is 5.02. The number of rotatable bonds is 6. The Morgan fingerprint density at radius 3 is 2.94 bits per heavy atom. The van der Waals surface area contributed by atoms with Gasteiger partial charge in [0.2, 0.25) is 0 Å². The average Bonchev–Trinajstić information content (AvgIpc) is 2.29. The van der Waals surface area contributed by atoms with Crippen LogP contribution >= 0.6 is 0 Å². The van der Waals surface area contributed by atoms with Crippen LogP contribution in [-0.4, -0.2) is 32.2 Å². The number of nitrogens with one attached hydrogen (secondary N) is 1. The lowest BCUT2D eigenvalue weighted by atomic mass is 10.3. The van der Waals surface area contributed by atoms with Gasteiger partial charge in [0.25, 0.3) is 0 Å². The number of anilines is 1. The number of hydrogen-bond acceptors (Lipinski definition) is 5. The summed E-state index contributed by atoms with van der Waals surface area (Å²) in [6, 6.07) is 1.56. The van der Waals surface area contributed by atoms with Crippen molar-refractivity contribution in [3.8, 4) is 0 Å². The normalized spacial score (nSPS) is 14.0. The van der Waals surface area contributed by atoms with Gasteiger partial charge in [-0.05, 0) is 12.5 Å². The molecule has 0 aliphatic carbocycles. The van der Waals surface area contributed by atoms with E-state index in [4.69, 9.17) is 0 Å². The molecule has 17 heavy (non-hydrogen) atoms. The number of aromatic nitrogens is 1. The molecule has 0 radical (unpaired) electrons. The molecular formula is C10H15N3O3S. The first-order valence-electron chi connectivity index (χ1n) is 5.17. The number of hydrogen-bond donors (Lipinski definition) is 1. The van der Waals surface area contributed by atoms with Gasteiger partial charge in [-0.1, -0.05) is 6.92 Å². The first-order chi connectivity index (χ1) is 8.02. The highest BCUT2D eigenvalue weighted by molar-refractivity contribution is 7.84. The fourth-order valence-corrected chi connectivity index (χ4v) is 1.71. The van der Waals surface area contributed by atoms with E-state index in [0.717, 1.165) is 0 Å². The maximum Gasteiger partial charge on any atom is 0.310 e. The third-order valence-electron chi connectivity index (χ3n) is 2.43. The summed E-state index contributed by atoms with van der Waals surface area (Å²) in [4.78, 5) is 13.9. The van der Waals surface area contributed by atoms with Crippen LogP contribution in [0.4, 0.5) is 11.4 Å². The first-order valence-corrected chi connectivity index (χ1v) is 6.79. The summed E-state index contributed by atoms with van der Waals surface area (Å²) < 4.78 is 11.1. The molecule has 0 bridgehead atoms. The second-order valence-electron chi connectivity index (χ2n) is 3.67. The predicted octanol–water partition coefficient (Wildman–Crippen LogP) is 1.56. The molecule has 1 N–H and O–H groups in total. The summed E-state index contributed by atoms with van der Waals surface area (Å²) in [5, 5.41) is 13.7. The zero-order chi connectivity index (χ0) is 12.8. The van der Waals surface area contributed by atoms with Gasteiger partial charge in [-0.25, -0.2) is 0 Å². The maximum atomic E-state index is 11.1. The van der Waals surface area contributed by atoms with Crippen LogP contribution in [0.25, 0.3) is 0 Å². The molecule has 2 atom stereocenters. The lowest BCUT2D eigenvalue weighted by Crippen LogP contribution is -2.15. The molecule has 0 saturated heterocycles. The Balaban J connectivity index is 2.58. The minimum atomic E-state index is -0.869. The van der Waals surface area contributed by atoms with Crippen LogP contribution in [0.5, 0.6) is 0 Å². The summed E-state index contributed by atoms with van der Waals surface area (Å²) in [6.45, 7) is 2.43. The zero-order valence-electron chi connectivity index (χ0n) is 9.75. The highest BCUT2D eigenvalue weighted by Gasteiger charge is 2.13. The fourth-order valence-electron chi connectivity index (χ4n) is 1.26. The van der Waals surface area contributed by atoms with E-state index in [1.165, 1.54) is 12.4 Å². The van der Waals surface area contributed by atoms with Gasteiger partial charge in [0.05, 0.1) is 4.92 Å². The summed E-state index contributed by atoms with van der Waals surface area (Å²) in [5.41, 5.74) is 0.400. The zero-order valence-corrected chi connectivity index (χ0v) is 10.6. The molecular weight excluding hydrogens is 242 g/mol. The topological polar surface area (TPSA) is 85.1 Å². The van der Waals surface area contributed by atoms with E-state index in [1.807, 2.05) is 6.92 Å². The van der Waals surface area contributed by atoms with E-state index in [1.54, 1.807) is 12.3 Å². The lowest BCUT2D eigenvalue weighted by molar-refractivity contribution is -0.384. The number of nitro groups is 1. The molecule has 0 aliphatic rings. The van der Waals surface area contributed by atoms with E-state index >= 15 is 0 Å². The van der Waals surface area contributed by atoms with Gasteiger partial charge in [0.15, 0.2) is 0 Å². The molecule has 1 aromatic heterocycles. The smallest absolute Gasteiger partial charge is 0.310 e. The Hall–Kier alpha value is -1.50. The van der Waals surface area contributed by atoms with Crippen molar-refractivity contribution in [2.75, 3.05) is 18.1 Å². The molecule has 7 heteroatoms. The van der Waals surface area contributed by atoms with Gasteiger partial charge in [-0.2, -0.15) is 0 Å². The summed E-state index contributed by atoms with van der Waals surface area (Å²) in [5.74, 6) is 0. The van der Waals surface area contributed by atoms with E-state index in [2.05, 4.69) is 10.3 Å². The van der Waals surface area contributed by atoms with E-state index in [9.17, 15) is 14.3 Å². The third kappa shape index (κ3) is 4.10. The molecule has 0 fully saturated rings. The molecule has 94 valence electrons. The van der Waals surface area contributed by atoms with Crippen LogP contribution < -0.4 is 5.32 Å². The second kappa shape index (κ2) is 6.29. The Bertz CT molecular complexity index is 425. The van der Waals surface area contributed by atoms with Crippen molar-refractivity contribution in [1.29, 1.82) is 0 Å². The summed E-state index contributed by atoms with van der Waals surface area (Å²) >= 11 is 0. The number of pyridine rings is 1. The van der Waals surface area contributed by atoms with Crippen LogP contribution in [0.1, 0.15) is 13.3 Å². The minimum absolute atomic E-state index is 0.0437. The van der Waals surface area contributed by atoms with Gasteiger partial charge in [-0.3, -0.25) is 19.3 Å². The van der Waals surface area contributed by atoms with E-state index < -0.39 is 15.7 Å². The molecule has 1 heterocycles. The maximum absolute atomic E-state index is 11.1. The van der Waals surface area contributed by atoms with Crippen molar-refractivity contribution in [2.24, 2.45) is 0 Å². The molecule has 1 rings (SSSR count).